The Morgan fingerprint density at radius 3 is 2.45 bits per heavy atom. The molecular weight excluding hydrogens is 322 g/mol. The maximum atomic E-state index is 12.2. The lowest BCUT2D eigenvalue weighted by atomic mass is 10.1. The lowest BCUT2D eigenvalue weighted by Gasteiger charge is -2.27. The molecule has 1 aromatic rings. The fourth-order valence-electron chi connectivity index (χ4n) is 2.22. The minimum Gasteiger partial charge on any atom is -0.443 e. The van der Waals surface area contributed by atoms with Crippen molar-refractivity contribution < 1.29 is 14.3 Å². The first kappa shape index (κ1) is 15.0. The second kappa shape index (κ2) is 5.56. The molecule has 2 amide bonds. The van der Waals surface area contributed by atoms with Crippen molar-refractivity contribution >= 4 is 27.9 Å². The summed E-state index contributed by atoms with van der Waals surface area (Å²) in [6.07, 6.45) is 0.451. The molecule has 1 heterocycles. The van der Waals surface area contributed by atoms with E-state index >= 15 is 0 Å². The highest BCUT2D eigenvalue weighted by atomic mass is 79.9. The molecule has 1 aliphatic heterocycles. The van der Waals surface area contributed by atoms with Gasteiger partial charge in [0.15, 0.2) is 0 Å². The van der Waals surface area contributed by atoms with Gasteiger partial charge in [0.2, 0.25) is 5.91 Å². The summed E-state index contributed by atoms with van der Waals surface area (Å²) in [4.78, 5) is 25.4. The van der Waals surface area contributed by atoms with Crippen molar-refractivity contribution in [3.63, 3.8) is 0 Å². The molecular formula is C15H18BrNO3. The molecule has 1 fully saturated rings. The first-order chi connectivity index (χ1) is 9.28. The number of hydrogen-bond acceptors (Lipinski definition) is 3. The van der Waals surface area contributed by atoms with Crippen LogP contribution in [0.2, 0.25) is 0 Å². The van der Waals surface area contributed by atoms with Crippen LogP contribution in [-0.2, 0) is 9.53 Å². The van der Waals surface area contributed by atoms with E-state index in [0.29, 0.717) is 12.8 Å². The number of benzene rings is 1. The highest BCUT2D eigenvalue weighted by molar-refractivity contribution is 9.10. The average Bonchev–Trinajstić information content (AvgIpc) is 2.70. The van der Waals surface area contributed by atoms with Gasteiger partial charge in [-0.3, -0.25) is 4.79 Å². The van der Waals surface area contributed by atoms with Gasteiger partial charge in [-0.15, -0.1) is 0 Å². The summed E-state index contributed by atoms with van der Waals surface area (Å²) in [5, 5.41) is 0. The third-order valence-corrected chi connectivity index (χ3v) is 3.59. The summed E-state index contributed by atoms with van der Waals surface area (Å²) in [7, 11) is 0. The summed E-state index contributed by atoms with van der Waals surface area (Å²) in [6.45, 7) is 5.38. The van der Waals surface area contributed by atoms with Crippen LogP contribution < -0.4 is 0 Å². The van der Waals surface area contributed by atoms with E-state index in [-0.39, 0.29) is 11.9 Å². The summed E-state index contributed by atoms with van der Waals surface area (Å²) >= 11 is 3.38. The zero-order valence-corrected chi connectivity index (χ0v) is 13.4. The van der Waals surface area contributed by atoms with Crippen LogP contribution in [0.4, 0.5) is 4.79 Å². The quantitative estimate of drug-likeness (QED) is 0.775. The van der Waals surface area contributed by atoms with E-state index in [2.05, 4.69) is 15.9 Å². The molecule has 1 aromatic carbocycles. The number of rotatable bonds is 1. The van der Waals surface area contributed by atoms with E-state index in [9.17, 15) is 9.59 Å². The largest absolute Gasteiger partial charge is 0.443 e. The molecule has 0 saturated carbocycles. The Bertz CT molecular complexity index is 519. The van der Waals surface area contributed by atoms with Crippen LogP contribution in [0, 0.1) is 0 Å². The lowest BCUT2D eigenvalue weighted by Crippen LogP contribution is -2.38. The summed E-state index contributed by atoms with van der Waals surface area (Å²) in [5.74, 6) is -0.174. The molecule has 1 saturated heterocycles. The third-order valence-electron chi connectivity index (χ3n) is 3.06. The molecule has 0 N–H and O–H groups in total. The SMILES string of the molecule is CC(C)(C)OC(=O)N1C(=O)CCC1c1ccc(Br)cc1. The van der Waals surface area contributed by atoms with Crippen LogP contribution in [0.25, 0.3) is 0 Å². The molecule has 1 unspecified atom stereocenters. The topological polar surface area (TPSA) is 46.6 Å². The number of ether oxygens (including phenoxy) is 1. The molecule has 0 spiro atoms. The van der Waals surface area contributed by atoms with Gasteiger partial charge >= 0.3 is 6.09 Å². The standard InChI is InChI=1S/C15H18BrNO3/c1-15(2,3)20-14(19)17-12(8-9-13(17)18)10-4-6-11(16)7-5-10/h4-7,12H,8-9H2,1-3H3. The predicted octanol–water partition coefficient (Wildman–Crippen LogP) is 4.05. The number of likely N-dealkylation sites (tertiary alicyclic amines) is 1. The van der Waals surface area contributed by atoms with Crippen molar-refractivity contribution in [3.05, 3.63) is 34.3 Å². The molecule has 5 heteroatoms. The second-order valence-corrected chi connectivity index (χ2v) is 6.77. The van der Waals surface area contributed by atoms with Crippen LogP contribution in [0.1, 0.15) is 45.2 Å². The molecule has 0 bridgehead atoms. The first-order valence-corrected chi connectivity index (χ1v) is 7.38. The molecule has 0 aliphatic carbocycles. The number of carbonyl (C=O) groups is 2. The molecule has 2 rings (SSSR count). The molecule has 1 atom stereocenters. The Balaban J connectivity index is 2.22. The number of nitrogens with zero attached hydrogens (tertiary/aromatic N) is 1. The first-order valence-electron chi connectivity index (χ1n) is 6.58. The number of hydrogen-bond donors (Lipinski definition) is 0. The van der Waals surface area contributed by atoms with Gasteiger partial charge in [-0.05, 0) is 44.9 Å². The summed E-state index contributed by atoms with van der Waals surface area (Å²) in [5.41, 5.74) is 0.342. The normalized spacial score (nSPS) is 19.3. The average molecular weight is 340 g/mol. The van der Waals surface area contributed by atoms with E-state index in [1.54, 1.807) is 20.8 Å². The maximum Gasteiger partial charge on any atom is 0.417 e. The second-order valence-electron chi connectivity index (χ2n) is 5.85. The zero-order valence-electron chi connectivity index (χ0n) is 11.9. The molecule has 108 valence electrons. The Morgan fingerprint density at radius 1 is 1.30 bits per heavy atom. The molecule has 0 aromatic heterocycles. The van der Waals surface area contributed by atoms with Crippen LogP contribution in [0.5, 0.6) is 0 Å². The van der Waals surface area contributed by atoms with E-state index in [0.717, 1.165) is 10.0 Å². The number of imide groups is 1. The van der Waals surface area contributed by atoms with Crippen LogP contribution >= 0.6 is 15.9 Å². The Hall–Kier alpha value is -1.36. The molecule has 4 nitrogen and oxygen atoms in total. The van der Waals surface area contributed by atoms with Crippen LogP contribution in [0.15, 0.2) is 28.7 Å². The van der Waals surface area contributed by atoms with E-state index < -0.39 is 11.7 Å². The van der Waals surface area contributed by atoms with Gasteiger partial charge in [-0.25, -0.2) is 9.69 Å². The van der Waals surface area contributed by atoms with Crippen LogP contribution in [0.3, 0.4) is 0 Å². The van der Waals surface area contributed by atoms with Gasteiger partial charge < -0.3 is 4.74 Å². The number of halogens is 1. The smallest absolute Gasteiger partial charge is 0.417 e. The van der Waals surface area contributed by atoms with Crippen molar-refractivity contribution in [2.24, 2.45) is 0 Å². The van der Waals surface area contributed by atoms with Crippen molar-refractivity contribution in [2.45, 2.75) is 45.3 Å². The van der Waals surface area contributed by atoms with E-state index in [1.165, 1.54) is 4.90 Å². The zero-order chi connectivity index (χ0) is 14.9. The van der Waals surface area contributed by atoms with E-state index in [4.69, 9.17) is 4.74 Å². The summed E-state index contributed by atoms with van der Waals surface area (Å²) in [6, 6.07) is 7.43. The van der Waals surface area contributed by atoms with Crippen molar-refractivity contribution in [1.29, 1.82) is 0 Å². The van der Waals surface area contributed by atoms with Gasteiger partial charge in [-0.1, -0.05) is 28.1 Å². The van der Waals surface area contributed by atoms with Crippen molar-refractivity contribution in [1.82, 2.24) is 4.90 Å². The summed E-state index contributed by atoms with van der Waals surface area (Å²) < 4.78 is 6.29. The van der Waals surface area contributed by atoms with Gasteiger partial charge in [0.25, 0.3) is 0 Å². The lowest BCUT2D eigenvalue weighted by molar-refractivity contribution is -0.128. The van der Waals surface area contributed by atoms with Crippen LogP contribution in [-0.4, -0.2) is 22.5 Å². The maximum absolute atomic E-state index is 12.2. The minimum absolute atomic E-state index is 0.174. The third kappa shape index (κ3) is 3.39. The van der Waals surface area contributed by atoms with Gasteiger partial charge in [0, 0.05) is 10.9 Å². The molecule has 1 aliphatic rings. The molecule has 0 radical (unpaired) electrons. The highest BCUT2D eigenvalue weighted by Gasteiger charge is 2.39. The Kier molecular flexibility index (Phi) is 4.18. The van der Waals surface area contributed by atoms with E-state index in [1.807, 2.05) is 24.3 Å². The molecule has 20 heavy (non-hydrogen) atoms. The highest BCUT2D eigenvalue weighted by Crippen LogP contribution is 2.34. The van der Waals surface area contributed by atoms with Gasteiger partial charge in [0.05, 0.1) is 6.04 Å². The van der Waals surface area contributed by atoms with Crippen molar-refractivity contribution in [3.8, 4) is 0 Å². The minimum atomic E-state index is -0.607. The Morgan fingerprint density at radius 2 is 1.90 bits per heavy atom. The van der Waals surface area contributed by atoms with Crippen molar-refractivity contribution in [2.75, 3.05) is 0 Å². The van der Waals surface area contributed by atoms with Gasteiger partial charge in [0.1, 0.15) is 5.60 Å². The monoisotopic (exact) mass is 339 g/mol. The predicted molar refractivity (Wildman–Crippen MR) is 79.2 cm³/mol. The Labute approximate surface area is 127 Å². The number of amides is 2. The number of carbonyl (C=O) groups excluding carboxylic acids is 2. The fraction of sp³-hybridized carbons (Fsp3) is 0.467. The fourth-order valence-corrected chi connectivity index (χ4v) is 2.49. The van der Waals surface area contributed by atoms with Gasteiger partial charge in [-0.2, -0.15) is 0 Å².